The number of nitrogens with zero attached hydrogens (tertiary/aromatic N) is 1. The standard InChI is InChI=1S/C14H13NO4/c1-18-11-3-5-12(6-4-11)19-9-10-2-7-13(14(16)17)15-8-10/h2-8H,9H2,1H3,(H,16,17). The molecule has 5 heteroatoms. The molecule has 0 aliphatic carbocycles. The van der Waals surface area contributed by atoms with Crippen molar-refractivity contribution < 1.29 is 19.4 Å². The molecule has 19 heavy (non-hydrogen) atoms. The van der Waals surface area contributed by atoms with E-state index in [2.05, 4.69) is 4.98 Å². The quantitative estimate of drug-likeness (QED) is 0.892. The zero-order chi connectivity index (χ0) is 13.7. The van der Waals surface area contributed by atoms with Gasteiger partial charge in [0.05, 0.1) is 7.11 Å². The lowest BCUT2D eigenvalue weighted by molar-refractivity contribution is 0.0690. The van der Waals surface area contributed by atoms with Crippen LogP contribution in [-0.2, 0) is 6.61 Å². The van der Waals surface area contributed by atoms with Crippen LogP contribution in [0.15, 0.2) is 42.6 Å². The highest BCUT2D eigenvalue weighted by Crippen LogP contribution is 2.18. The highest BCUT2D eigenvalue weighted by atomic mass is 16.5. The number of benzene rings is 1. The average Bonchev–Trinajstić information content (AvgIpc) is 2.46. The monoisotopic (exact) mass is 259 g/mol. The minimum Gasteiger partial charge on any atom is -0.497 e. The third-order valence-electron chi connectivity index (χ3n) is 2.51. The highest BCUT2D eigenvalue weighted by molar-refractivity contribution is 5.85. The Labute approximate surface area is 110 Å². The van der Waals surface area contributed by atoms with Gasteiger partial charge in [-0.1, -0.05) is 6.07 Å². The summed E-state index contributed by atoms with van der Waals surface area (Å²) >= 11 is 0. The number of aromatic nitrogens is 1. The molecule has 1 heterocycles. The van der Waals surface area contributed by atoms with Crippen molar-refractivity contribution in [3.63, 3.8) is 0 Å². The molecule has 0 aliphatic rings. The summed E-state index contributed by atoms with van der Waals surface area (Å²) in [6, 6.07) is 10.4. The van der Waals surface area contributed by atoms with Crippen molar-refractivity contribution in [2.75, 3.05) is 7.11 Å². The van der Waals surface area contributed by atoms with Crippen molar-refractivity contribution in [1.82, 2.24) is 4.98 Å². The van der Waals surface area contributed by atoms with Crippen LogP contribution in [0.1, 0.15) is 16.1 Å². The van der Waals surface area contributed by atoms with Crippen LogP contribution in [0.5, 0.6) is 11.5 Å². The van der Waals surface area contributed by atoms with Crippen LogP contribution < -0.4 is 9.47 Å². The largest absolute Gasteiger partial charge is 0.497 e. The fourth-order valence-electron chi connectivity index (χ4n) is 1.47. The first-order valence-electron chi connectivity index (χ1n) is 5.64. The first-order chi connectivity index (χ1) is 9.19. The molecule has 0 unspecified atom stereocenters. The van der Waals surface area contributed by atoms with Crippen molar-refractivity contribution in [3.8, 4) is 11.5 Å². The normalized spacial score (nSPS) is 9.95. The molecule has 1 N–H and O–H groups in total. The zero-order valence-corrected chi connectivity index (χ0v) is 10.4. The van der Waals surface area contributed by atoms with Crippen LogP contribution in [0.4, 0.5) is 0 Å². The number of hydrogen-bond acceptors (Lipinski definition) is 4. The number of carboxylic acids is 1. The number of hydrogen-bond donors (Lipinski definition) is 1. The van der Waals surface area contributed by atoms with Gasteiger partial charge in [-0.2, -0.15) is 0 Å². The lowest BCUT2D eigenvalue weighted by atomic mass is 10.2. The number of pyridine rings is 1. The third-order valence-corrected chi connectivity index (χ3v) is 2.51. The molecule has 0 atom stereocenters. The fourth-order valence-corrected chi connectivity index (χ4v) is 1.47. The first-order valence-corrected chi connectivity index (χ1v) is 5.64. The summed E-state index contributed by atoms with van der Waals surface area (Å²) in [7, 11) is 1.60. The summed E-state index contributed by atoms with van der Waals surface area (Å²) in [4.78, 5) is 14.5. The average molecular weight is 259 g/mol. The number of carboxylic acid groups (broad SMARTS) is 1. The van der Waals surface area contributed by atoms with Gasteiger partial charge in [0.15, 0.2) is 0 Å². The van der Waals surface area contributed by atoms with E-state index < -0.39 is 5.97 Å². The highest BCUT2D eigenvalue weighted by Gasteiger charge is 2.04. The van der Waals surface area contributed by atoms with Crippen LogP contribution in [0.25, 0.3) is 0 Å². The molecular weight excluding hydrogens is 246 g/mol. The van der Waals surface area contributed by atoms with Gasteiger partial charge in [-0.15, -0.1) is 0 Å². The van der Waals surface area contributed by atoms with Crippen LogP contribution in [-0.4, -0.2) is 23.2 Å². The Bertz CT molecular complexity index is 549. The van der Waals surface area contributed by atoms with Gasteiger partial charge in [0.1, 0.15) is 23.8 Å². The van der Waals surface area contributed by atoms with Crippen molar-refractivity contribution in [1.29, 1.82) is 0 Å². The summed E-state index contributed by atoms with van der Waals surface area (Å²) in [5.41, 5.74) is 0.828. The summed E-state index contributed by atoms with van der Waals surface area (Å²) in [6.45, 7) is 0.333. The Morgan fingerprint density at radius 1 is 1.16 bits per heavy atom. The molecule has 1 aromatic heterocycles. The molecule has 2 aromatic rings. The summed E-state index contributed by atoms with van der Waals surface area (Å²) < 4.78 is 10.6. The molecule has 2 rings (SSSR count). The number of aromatic carboxylic acids is 1. The van der Waals surface area contributed by atoms with Crippen molar-refractivity contribution in [2.24, 2.45) is 0 Å². The fraction of sp³-hybridized carbons (Fsp3) is 0.143. The number of carbonyl (C=O) groups is 1. The molecule has 0 spiro atoms. The predicted molar refractivity (Wildman–Crippen MR) is 68.5 cm³/mol. The van der Waals surface area contributed by atoms with Crippen LogP contribution in [0.2, 0.25) is 0 Å². The molecule has 0 radical (unpaired) electrons. The second kappa shape index (κ2) is 5.86. The van der Waals surface area contributed by atoms with Gasteiger partial charge in [-0.05, 0) is 30.3 Å². The van der Waals surface area contributed by atoms with E-state index in [0.717, 1.165) is 11.3 Å². The molecule has 5 nitrogen and oxygen atoms in total. The van der Waals surface area contributed by atoms with E-state index in [1.807, 2.05) is 0 Å². The number of ether oxygens (including phenoxy) is 2. The van der Waals surface area contributed by atoms with Gasteiger partial charge >= 0.3 is 5.97 Å². The van der Waals surface area contributed by atoms with E-state index in [4.69, 9.17) is 14.6 Å². The Morgan fingerprint density at radius 3 is 2.37 bits per heavy atom. The molecule has 1 aromatic carbocycles. The number of methoxy groups -OCH3 is 1. The van der Waals surface area contributed by atoms with E-state index in [9.17, 15) is 4.79 Å². The van der Waals surface area contributed by atoms with E-state index >= 15 is 0 Å². The number of rotatable bonds is 5. The molecule has 0 saturated carbocycles. The Kier molecular flexibility index (Phi) is 3.97. The maximum absolute atomic E-state index is 10.6. The van der Waals surface area contributed by atoms with Crippen molar-refractivity contribution in [2.45, 2.75) is 6.61 Å². The van der Waals surface area contributed by atoms with Crippen LogP contribution in [0, 0.1) is 0 Å². The molecule has 0 saturated heterocycles. The second-order valence-corrected chi connectivity index (χ2v) is 3.82. The van der Waals surface area contributed by atoms with Gasteiger partial charge in [0.25, 0.3) is 0 Å². The molecule has 0 bridgehead atoms. The Hall–Kier alpha value is -2.56. The van der Waals surface area contributed by atoms with Gasteiger partial charge < -0.3 is 14.6 Å². The molecule has 0 fully saturated rings. The van der Waals surface area contributed by atoms with E-state index in [1.165, 1.54) is 12.3 Å². The lowest BCUT2D eigenvalue weighted by Gasteiger charge is -2.07. The smallest absolute Gasteiger partial charge is 0.354 e. The molecule has 0 amide bonds. The van der Waals surface area contributed by atoms with Gasteiger partial charge in [0.2, 0.25) is 0 Å². The van der Waals surface area contributed by atoms with Crippen molar-refractivity contribution in [3.05, 3.63) is 53.9 Å². The van der Waals surface area contributed by atoms with E-state index in [-0.39, 0.29) is 5.69 Å². The third kappa shape index (κ3) is 3.45. The molecular formula is C14H13NO4. The first kappa shape index (κ1) is 12.9. The van der Waals surface area contributed by atoms with Crippen LogP contribution in [0.3, 0.4) is 0 Å². The minimum atomic E-state index is -1.04. The van der Waals surface area contributed by atoms with E-state index in [0.29, 0.717) is 12.4 Å². The Balaban J connectivity index is 1.95. The second-order valence-electron chi connectivity index (χ2n) is 3.82. The Morgan fingerprint density at radius 2 is 1.84 bits per heavy atom. The minimum absolute atomic E-state index is 0.0215. The van der Waals surface area contributed by atoms with Gasteiger partial charge in [0, 0.05) is 11.8 Å². The lowest BCUT2D eigenvalue weighted by Crippen LogP contribution is -2.02. The van der Waals surface area contributed by atoms with Crippen molar-refractivity contribution >= 4 is 5.97 Å². The summed E-state index contributed by atoms with van der Waals surface area (Å²) in [6.07, 6.45) is 1.49. The topological polar surface area (TPSA) is 68.7 Å². The molecule has 0 aliphatic heterocycles. The van der Waals surface area contributed by atoms with Crippen LogP contribution >= 0.6 is 0 Å². The zero-order valence-electron chi connectivity index (χ0n) is 10.4. The maximum atomic E-state index is 10.6. The van der Waals surface area contributed by atoms with Gasteiger partial charge in [-0.3, -0.25) is 0 Å². The van der Waals surface area contributed by atoms with Gasteiger partial charge in [-0.25, -0.2) is 9.78 Å². The SMILES string of the molecule is COc1ccc(OCc2ccc(C(=O)O)nc2)cc1. The predicted octanol–water partition coefficient (Wildman–Crippen LogP) is 2.37. The maximum Gasteiger partial charge on any atom is 0.354 e. The summed E-state index contributed by atoms with van der Waals surface area (Å²) in [5, 5.41) is 8.73. The molecule has 98 valence electrons. The van der Waals surface area contributed by atoms with E-state index in [1.54, 1.807) is 37.4 Å². The summed E-state index contributed by atoms with van der Waals surface area (Å²) in [5.74, 6) is 0.436.